The van der Waals surface area contributed by atoms with E-state index in [2.05, 4.69) is 27.2 Å². The number of carbonyl (C=O) groups excluding carboxylic acids is 1. The molecule has 3 atom stereocenters. The average Bonchev–Trinajstić information content (AvgIpc) is 3.24. The Morgan fingerprint density at radius 3 is 2.88 bits per heavy atom. The molecular weight excluding hydrogens is 322 g/mol. The van der Waals surface area contributed by atoms with Crippen molar-refractivity contribution in [3.05, 3.63) is 42.2 Å². The molecule has 128 valence electrons. The Kier molecular flexibility index (Phi) is 5.40. The maximum atomic E-state index is 12.2. The van der Waals surface area contributed by atoms with Gasteiger partial charge in [-0.25, -0.2) is 9.48 Å². The largest absolute Gasteiger partial charge is 0.334 e. The average molecular weight is 345 g/mol. The molecule has 1 aromatic heterocycles. The van der Waals surface area contributed by atoms with Crippen molar-refractivity contribution in [2.75, 3.05) is 6.26 Å². The van der Waals surface area contributed by atoms with Gasteiger partial charge in [-0.2, -0.15) is 11.8 Å². The van der Waals surface area contributed by atoms with Gasteiger partial charge in [0.2, 0.25) is 0 Å². The Morgan fingerprint density at radius 1 is 1.33 bits per heavy atom. The fraction of sp³-hybridized carbons (Fsp3) is 0.471. The van der Waals surface area contributed by atoms with Crippen LogP contribution in [-0.2, 0) is 0 Å². The van der Waals surface area contributed by atoms with Crippen molar-refractivity contribution >= 4 is 17.8 Å². The van der Waals surface area contributed by atoms with E-state index in [1.54, 1.807) is 4.68 Å². The van der Waals surface area contributed by atoms with Gasteiger partial charge in [0.15, 0.2) is 0 Å². The number of amides is 2. The first-order valence-corrected chi connectivity index (χ1v) is 9.53. The summed E-state index contributed by atoms with van der Waals surface area (Å²) in [6.45, 7) is 1.92. The van der Waals surface area contributed by atoms with Crippen LogP contribution in [-0.4, -0.2) is 38.6 Å². The van der Waals surface area contributed by atoms with Crippen molar-refractivity contribution in [3.63, 3.8) is 0 Å². The SMILES string of the molecule is CS[C@@H]1CCC[C@H]1NC(=O)N[C@@H](C)c1cn(-c2ccccc2)nn1. The molecule has 0 spiro atoms. The van der Waals surface area contributed by atoms with Crippen LogP contribution in [0.25, 0.3) is 5.69 Å². The van der Waals surface area contributed by atoms with Crippen LogP contribution in [0.3, 0.4) is 0 Å². The fourth-order valence-electron chi connectivity index (χ4n) is 3.04. The smallest absolute Gasteiger partial charge is 0.315 e. The van der Waals surface area contributed by atoms with Gasteiger partial charge < -0.3 is 10.6 Å². The van der Waals surface area contributed by atoms with Crippen molar-refractivity contribution in [2.24, 2.45) is 0 Å². The Hall–Kier alpha value is -2.02. The third kappa shape index (κ3) is 3.90. The Balaban J connectivity index is 1.58. The van der Waals surface area contributed by atoms with E-state index in [1.165, 1.54) is 12.8 Å². The second-order valence-corrected chi connectivity index (χ2v) is 7.15. The Labute approximate surface area is 146 Å². The molecule has 24 heavy (non-hydrogen) atoms. The van der Waals surface area contributed by atoms with Gasteiger partial charge in [-0.3, -0.25) is 0 Å². The summed E-state index contributed by atoms with van der Waals surface area (Å²) in [7, 11) is 0. The lowest BCUT2D eigenvalue weighted by molar-refractivity contribution is 0.234. The molecule has 1 heterocycles. The van der Waals surface area contributed by atoms with Crippen molar-refractivity contribution in [1.82, 2.24) is 25.6 Å². The van der Waals surface area contributed by atoms with Crippen LogP contribution in [0.2, 0.25) is 0 Å². The molecule has 7 heteroatoms. The molecule has 1 aromatic carbocycles. The number of aromatic nitrogens is 3. The number of nitrogens with one attached hydrogen (secondary N) is 2. The first kappa shape index (κ1) is 16.8. The third-order valence-electron chi connectivity index (χ3n) is 4.39. The lowest BCUT2D eigenvalue weighted by Crippen LogP contribution is -2.45. The third-order valence-corrected chi connectivity index (χ3v) is 5.56. The van der Waals surface area contributed by atoms with Crippen LogP contribution < -0.4 is 10.6 Å². The molecule has 0 bridgehead atoms. The number of nitrogens with zero attached hydrogens (tertiary/aromatic N) is 3. The minimum absolute atomic E-state index is 0.136. The van der Waals surface area contributed by atoms with Gasteiger partial charge in [-0.15, -0.1) is 5.10 Å². The molecule has 2 N–H and O–H groups in total. The highest BCUT2D eigenvalue weighted by molar-refractivity contribution is 7.99. The number of para-hydroxylation sites is 1. The summed E-state index contributed by atoms with van der Waals surface area (Å²) in [6.07, 6.45) is 7.36. The van der Waals surface area contributed by atoms with Gasteiger partial charge in [-0.05, 0) is 38.2 Å². The number of urea groups is 1. The molecular formula is C17H23N5OS. The second-order valence-electron chi connectivity index (χ2n) is 6.07. The zero-order valence-corrected chi connectivity index (χ0v) is 14.8. The van der Waals surface area contributed by atoms with Crippen molar-refractivity contribution in [3.8, 4) is 5.69 Å². The standard InChI is InChI=1S/C17H23N5OS/c1-12(18-17(23)19-14-9-6-10-16(14)24-2)15-11-22(21-20-15)13-7-4-3-5-8-13/h3-5,7-8,11-12,14,16H,6,9-10H2,1-2H3,(H2,18,19,23)/t12-,14+,16+/m0/s1. The Bertz CT molecular complexity index is 675. The highest BCUT2D eigenvalue weighted by atomic mass is 32.2. The predicted octanol–water partition coefficient (Wildman–Crippen LogP) is 2.91. The molecule has 0 radical (unpaired) electrons. The molecule has 0 saturated heterocycles. The number of hydrogen-bond donors (Lipinski definition) is 2. The van der Waals surface area contributed by atoms with Crippen molar-refractivity contribution in [2.45, 2.75) is 43.5 Å². The van der Waals surface area contributed by atoms with Gasteiger partial charge in [0, 0.05) is 11.3 Å². The number of benzene rings is 1. The fourth-order valence-corrected chi connectivity index (χ4v) is 3.97. The van der Waals surface area contributed by atoms with Crippen LogP contribution >= 0.6 is 11.8 Å². The maximum absolute atomic E-state index is 12.2. The summed E-state index contributed by atoms with van der Waals surface area (Å²) >= 11 is 1.83. The number of thioether (sulfide) groups is 1. The molecule has 1 aliphatic rings. The van der Waals surface area contributed by atoms with Gasteiger partial charge >= 0.3 is 6.03 Å². The van der Waals surface area contributed by atoms with Gasteiger partial charge in [0.05, 0.1) is 17.9 Å². The zero-order valence-electron chi connectivity index (χ0n) is 14.0. The lowest BCUT2D eigenvalue weighted by atomic mass is 10.2. The molecule has 0 unspecified atom stereocenters. The summed E-state index contributed by atoms with van der Waals surface area (Å²) in [5, 5.41) is 14.9. The monoisotopic (exact) mass is 345 g/mol. The quantitative estimate of drug-likeness (QED) is 0.874. The number of rotatable bonds is 5. The molecule has 2 aromatic rings. The van der Waals surface area contributed by atoms with Crippen LogP contribution in [0.15, 0.2) is 36.5 Å². The minimum atomic E-state index is -0.198. The topological polar surface area (TPSA) is 71.8 Å². The van der Waals surface area contributed by atoms with Crippen molar-refractivity contribution in [1.29, 1.82) is 0 Å². The van der Waals surface area contributed by atoms with E-state index in [0.717, 1.165) is 17.8 Å². The molecule has 0 aliphatic heterocycles. The maximum Gasteiger partial charge on any atom is 0.315 e. The number of hydrogen-bond acceptors (Lipinski definition) is 4. The summed E-state index contributed by atoms with van der Waals surface area (Å²) in [5.74, 6) is 0. The summed E-state index contributed by atoms with van der Waals surface area (Å²) in [5.41, 5.74) is 1.68. The van der Waals surface area contributed by atoms with Gasteiger partial charge in [-0.1, -0.05) is 29.8 Å². The van der Waals surface area contributed by atoms with Crippen molar-refractivity contribution < 1.29 is 4.79 Å². The molecule has 3 rings (SSSR count). The van der Waals surface area contributed by atoms with E-state index in [9.17, 15) is 4.79 Å². The highest BCUT2D eigenvalue weighted by Gasteiger charge is 2.28. The van der Waals surface area contributed by atoms with Crippen LogP contribution in [0.1, 0.15) is 37.9 Å². The highest BCUT2D eigenvalue weighted by Crippen LogP contribution is 2.28. The summed E-state index contributed by atoms with van der Waals surface area (Å²) in [4.78, 5) is 12.2. The first-order valence-electron chi connectivity index (χ1n) is 8.25. The second kappa shape index (κ2) is 7.70. The Morgan fingerprint density at radius 2 is 2.12 bits per heavy atom. The molecule has 1 fully saturated rings. The normalized spacial score (nSPS) is 21.4. The molecule has 1 aliphatic carbocycles. The predicted molar refractivity (Wildman–Crippen MR) is 96.4 cm³/mol. The molecule has 1 saturated carbocycles. The van der Waals surface area contributed by atoms with Gasteiger partial charge in [0.1, 0.15) is 5.69 Å². The minimum Gasteiger partial charge on any atom is -0.334 e. The lowest BCUT2D eigenvalue weighted by Gasteiger charge is -2.20. The summed E-state index contributed by atoms with van der Waals surface area (Å²) in [6, 6.07) is 9.72. The zero-order chi connectivity index (χ0) is 16.9. The van der Waals surface area contributed by atoms with Gasteiger partial charge in [0.25, 0.3) is 0 Å². The number of carbonyl (C=O) groups is 1. The molecule has 2 amide bonds. The van der Waals surface area contributed by atoms with E-state index in [4.69, 9.17) is 0 Å². The summed E-state index contributed by atoms with van der Waals surface area (Å²) < 4.78 is 1.71. The van der Waals surface area contributed by atoms with E-state index < -0.39 is 0 Å². The van der Waals surface area contributed by atoms with E-state index in [-0.39, 0.29) is 18.1 Å². The van der Waals surface area contributed by atoms with Crippen LogP contribution in [0.5, 0.6) is 0 Å². The molecule has 6 nitrogen and oxygen atoms in total. The van der Waals surface area contributed by atoms with E-state index in [1.807, 2.05) is 55.2 Å². The van der Waals surface area contributed by atoms with Crippen LogP contribution in [0.4, 0.5) is 4.79 Å². The van der Waals surface area contributed by atoms with E-state index in [0.29, 0.717) is 5.25 Å². The van der Waals surface area contributed by atoms with E-state index >= 15 is 0 Å². The van der Waals surface area contributed by atoms with Crippen LogP contribution in [0, 0.1) is 0 Å². The first-order chi connectivity index (χ1) is 11.7.